The van der Waals surface area contributed by atoms with Crippen molar-refractivity contribution in [3.05, 3.63) is 69.4 Å². The third-order valence-electron chi connectivity index (χ3n) is 5.14. The van der Waals surface area contributed by atoms with Crippen LogP contribution in [0.15, 0.2) is 42.7 Å². The standard InChI is InChI=1S/C22H29N5OS/c1-6-20-24-16(3)21(29-20)17(4)26(5)22(28)25-15(2)19-12-23-27(14-19)13-18-10-8-7-9-11-18/h7-12,14-15,17H,6,13H2,1-5H3,(H,25,28)/t15-,17-/m1/s1. The van der Waals surface area contributed by atoms with Gasteiger partial charge in [-0.2, -0.15) is 5.10 Å². The molecule has 0 bridgehead atoms. The minimum absolute atomic E-state index is 0.0270. The maximum atomic E-state index is 12.8. The Morgan fingerprint density at radius 3 is 2.66 bits per heavy atom. The first-order valence-electron chi connectivity index (χ1n) is 9.94. The maximum absolute atomic E-state index is 12.8. The number of thiazole rings is 1. The van der Waals surface area contributed by atoms with E-state index in [0.717, 1.165) is 27.6 Å². The number of urea groups is 1. The van der Waals surface area contributed by atoms with Gasteiger partial charge in [0.05, 0.1) is 35.5 Å². The predicted octanol–water partition coefficient (Wildman–Crippen LogP) is 4.72. The van der Waals surface area contributed by atoms with Crippen LogP contribution < -0.4 is 5.32 Å². The molecule has 7 heteroatoms. The fraction of sp³-hybridized carbons (Fsp3) is 0.409. The van der Waals surface area contributed by atoms with Crippen LogP contribution in [0.5, 0.6) is 0 Å². The van der Waals surface area contributed by atoms with Crippen LogP contribution in [0.1, 0.15) is 59.6 Å². The van der Waals surface area contributed by atoms with Gasteiger partial charge in [-0.15, -0.1) is 11.3 Å². The number of nitrogens with one attached hydrogen (secondary N) is 1. The van der Waals surface area contributed by atoms with Crippen LogP contribution in [-0.2, 0) is 13.0 Å². The lowest BCUT2D eigenvalue weighted by molar-refractivity contribution is 0.191. The Hall–Kier alpha value is -2.67. The van der Waals surface area contributed by atoms with Crippen molar-refractivity contribution in [1.82, 2.24) is 25.0 Å². The minimum atomic E-state index is -0.129. The van der Waals surface area contributed by atoms with Crippen molar-refractivity contribution < 1.29 is 4.79 Å². The number of hydrogen-bond donors (Lipinski definition) is 1. The Morgan fingerprint density at radius 1 is 1.28 bits per heavy atom. The van der Waals surface area contributed by atoms with E-state index in [9.17, 15) is 4.79 Å². The van der Waals surface area contributed by atoms with Gasteiger partial charge >= 0.3 is 6.03 Å². The molecule has 0 saturated carbocycles. The maximum Gasteiger partial charge on any atom is 0.318 e. The van der Waals surface area contributed by atoms with Crippen molar-refractivity contribution in [2.75, 3.05) is 7.05 Å². The normalized spacial score (nSPS) is 13.1. The topological polar surface area (TPSA) is 63.1 Å². The summed E-state index contributed by atoms with van der Waals surface area (Å²) < 4.78 is 1.90. The highest BCUT2D eigenvalue weighted by Crippen LogP contribution is 2.29. The average Bonchev–Trinajstić information content (AvgIpc) is 3.34. The summed E-state index contributed by atoms with van der Waals surface area (Å²) in [6, 6.07) is 9.94. The Bertz CT molecular complexity index is 949. The second-order valence-electron chi connectivity index (χ2n) is 7.33. The highest BCUT2D eigenvalue weighted by atomic mass is 32.1. The SMILES string of the molecule is CCc1nc(C)c([C@@H](C)N(C)C(=O)N[C@H](C)c2cnn(Cc3ccccc3)c2)s1. The van der Waals surface area contributed by atoms with E-state index < -0.39 is 0 Å². The second-order valence-corrected chi connectivity index (χ2v) is 8.44. The summed E-state index contributed by atoms with van der Waals surface area (Å²) in [6.07, 6.45) is 4.72. The number of nitrogens with zero attached hydrogens (tertiary/aromatic N) is 4. The lowest BCUT2D eigenvalue weighted by atomic mass is 10.2. The summed E-state index contributed by atoms with van der Waals surface area (Å²) in [5.74, 6) is 0. The molecule has 2 heterocycles. The quantitative estimate of drug-likeness (QED) is 0.612. The first-order chi connectivity index (χ1) is 13.9. The van der Waals surface area contributed by atoms with E-state index in [-0.39, 0.29) is 18.1 Å². The zero-order valence-corrected chi connectivity index (χ0v) is 18.5. The molecular weight excluding hydrogens is 382 g/mol. The molecule has 2 amide bonds. The molecule has 0 unspecified atom stereocenters. The third kappa shape index (κ3) is 5.03. The number of carbonyl (C=O) groups is 1. The molecule has 0 saturated heterocycles. The molecule has 0 radical (unpaired) electrons. The molecule has 0 spiro atoms. The zero-order valence-electron chi connectivity index (χ0n) is 17.7. The molecular formula is C22H29N5OS. The van der Waals surface area contributed by atoms with Gasteiger partial charge < -0.3 is 10.2 Å². The van der Waals surface area contributed by atoms with Crippen LogP contribution in [0.25, 0.3) is 0 Å². The smallest absolute Gasteiger partial charge is 0.318 e. The summed E-state index contributed by atoms with van der Waals surface area (Å²) in [5.41, 5.74) is 3.19. The lowest BCUT2D eigenvalue weighted by Gasteiger charge is -2.26. The molecule has 1 aromatic carbocycles. The monoisotopic (exact) mass is 411 g/mol. The molecule has 2 atom stereocenters. The van der Waals surface area contributed by atoms with Gasteiger partial charge in [-0.3, -0.25) is 4.68 Å². The second kappa shape index (κ2) is 9.22. The zero-order chi connectivity index (χ0) is 21.0. The van der Waals surface area contributed by atoms with Gasteiger partial charge in [0.15, 0.2) is 0 Å². The molecule has 154 valence electrons. The summed E-state index contributed by atoms with van der Waals surface area (Å²) in [7, 11) is 1.83. The predicted molar refractivity (Wildman–Crippen MR) is 117 cm³/mol. The number of carbonyl (C=O) groups excluding carboxylic acids is 1. The third-order valence-corrected chi connectivity index (χ3v) is 6.61. The van der Waals surface area contributed by atoms with Crippen LogP contribution in [0, 0.1) is 6.92 Å². The van der Waals surface area contributed by atoms with E-state index in [0.29, 0.717) is 6.54 Å². The van der Waals surface area contributed by atoms with Crippen molar-refractivity contribution in [2.45, 2.75) is 52.7 Å². The first-order valence-corrected chi connectivity index (χ1v) is 10.8. The minimum Gasteiger partial charge on any atom is -0.331 e. The largest absolute Gasteiger partial charge is 0.331 e. The van der Waals surface area contributed by atoms with Gasteiger partial charge in [-0.25, -0.2) is 9.78 Å². The number of amides is 2. The van der Waals surface area contributed by atoms with Crippen molar-refractivity contribution in [3.8, 4) is 0 Å². The van der Waals surface area contributed by atoms with Gasteiger partial charge in [0.25, 0.3) is 0 Å². The van der Waals surface area contributed by atoms with Gasteiger partial charge in [-0.05, 0) is 32.8 Å². The Kier molecular flexibility index (Phi) is 6.69. The van der Waals surface area contributed by atoms with Gasteiger partial charge in [0.2, 0.25) is 0 Å². The van der Waals surface area contributed by atoms with E-state index >= 15 is 0 Å². The molecule has 2 aromatic heterocycles. The fourth-order valence-electron chi connectivity index (χ4n) is 3.19. The lowest BCUT2D eigenvalue weighted by Crippen LogP contribution is -2.39. The molecule has 3 rings (SSSR count). The van der Waals surface area contributed by atoms with Crippen molar-refractivity contribution in [1.29, 1.82) is 0 Å². The average molecular weight is 412 g/mol. The van der Waals surface area contributed by atoms with Gasteiger partial charge in [-0.1, -0.05) is 37.3 Å². The molecule has 29 heavy (non-hydrogen) atoms. The molecule has 1 N–H and O–H groups in total. The first kappa shape index (κ1) is 21.0. The molecule has 0 aliphatic carbocycles. The molecule has 0 aliphatic rings. The summed E-state index contributed by atoms with van der Waals surface area (Å²) >= 11 is 1.69. The highest BCUT2D eigenvalue weighted by Gasteiger charge is 2.23. The van der Waals surface area contributed by atoms with Crippen LogP contribution in [0.2, 0.25) is 0 Å². The van der Waals surface area contributed by atoms with Crippen molar-refractivity contribution >= 4 is 17.4 Å². The molecule has 6 nitrogen and oxygen atoms in total. The van der Waals surface area contributed by atoms with Crippen molar-refractivity contribution in [2.24, 2.45) is 0 Å². The van der Waals surface area contributed by atoms with Crippen molar-refractivity contribution in [3.63, 3.8) is 0 Å². The van der Waals surface area contributed by atoms with Gasteiger partial charge in [0, 0.05) is 23.7 Å². The molecule has 0 aliphatic heterocycles. The van der Waals surface area contributed by atoms with Gasteiger partial charge in [0.1, 0.15) is 0 Å². The molecule has 0 fully saturated rings. The number of hydrogen-bond acceptors (Lipinski definition) is 4. The number of benzene rings is 1. The molecule has 3 aromatic rings. The van der Waals surface area contributed by atoms with Crippen LogP contribution in [0.4, 0.5) is 4.79 Å². The van der Waals surface area contributed by atoms with E-state index in [2.05, 4.69) is 34.5 Å². The van der Waals surface area contributed by atoms with E-state index in [1.807, 2.05) is 63.1 Å². The van der Waals surface area contributed by atoms with Crippen LogP contribution in [-0.4, -0.2) is 32.7 Å². The number of rotatable bonds is 7. The highest BCUT2D eigenvalue weighted by molar-refractivity contribution is 7.11. The summed E-state index contributed by atoms with van der Waals surface area (Å²) in [5, 5.41) is 8.63. The Labute approximate surface area is 176 Å². The number of aryl methyl sites for hydroxylation is 2. The summed E-state index contributed by atoms with van der Waals surface area (Å²) in [6.45, 7) is 8.85. The number of aromatic nitrogens is 3. The summed E-state index contributed by atoms with van der Waals surface area (Å²) in [4.78, 5) is 20.3. The Morgan fingerprint density at radius 2 is 2.00 bits per heavy atom. The van der Waals surface area contributed by atoms with Crippen LogP contribution >= 0.6 is 11.3 Å². The van der Waals surface area contributed by atoms with E-state index in [4.69, 9.17) is 0 Å². The van der Waals surface area contributed by atoms with E-state index in [1.54, 1.807) is 16.2 Å². The van der Waals surface area contributed by atoms with E-state index in [1.165, 1.54) is 5.56 Å². The fourth-order valence-corrected chi connectivity index (χ4v) is 4.29. The van der Waals surface area contributed by atoms with Crippen LogP contribution in [0.3, 0.4) is 0 Å². The Balaban J connectivity index is 1.61.